The van der Waals surface area contributed by atoms with E-state index in [-0.39, 0.29) is 0 Å². The van der Waals surface area contributed by atoms with Crippen LogP contribution in [0.4, 0.5) is 0 Å². The Bertz CT molecular complexity index is 377. The molecule has 0 aromatic rings. The molecule has 18 heavy (non-hydrogen) atoms. The van der Waals surface area contributed by atoms with Crippen molar-refractivity contribution in [2.24, 2.45) is 21.8 Å². The van der Waals surface area contributed by atoms with Crippen LogP contribution in [0.2, 0.25) is 0 Å². The summed E-state index contributed by atoms with van der Waals surface area (Å²) in [5, 5.41) is 0.873. The Kier molecular flexibility index (Phi) is 3.60. The maximum Gasteiger partial charge on any atom is 0.105 e. The van der Waals surface area contributed by atoms with E-state index in [2.05, 4.69) is 16.8 Å². The fraction of sp³-hybridized carbons (Fsp3) is 0.857. The second kappa shape index (κ2) is 5.20. The molecule has 3 unspecified atom stereocenters. The number of aliphatic imine (C=N–C) groups is 2. The van der Waals surface area contributed by atoms with Crippen LogP contribution in [0.3, 0.4) is 0 Å². The quantitative estimate of drug-likeness (QED) is 0.756. The van der Waals surface area contributed by atoms with E-state index in [4.69, 9.17) is 16.6 Å². The van der Waals surface area contributed by atoms with Gasteiger partial charge in [-0.1, -0.05) is 24.4 Å². The molecule has 3 nitrogen and oxygen atoms in total. The third kappa shape index (κ3) is 2.42. The summed E-state index contributed by atoms with van der Waals surface area (Å²) in [5.74, 6) is 2.39. The minimum Gasteiger partial charge on any atom is -0.358 e. The summed E-state index contributed by atoms with van der Waals surface area (Å²) >= 11 is 6.41. The minimum atomic E-state index is 0.439. The highest BCUT2D eigenvalue weighted by Gasteiger charge is 2.34. The van der Waals surface area contributed by atoms with E-state index in [1.165, 1.54) is 37.9 Å². The molecule has 3 atom stereocenters. The number of amidine groups is 1. The summed E-state index contributed by atoms with van der Waals surface area (Å²) in [4.78, 5) is 11.6. The van der Waals surface area contributed by atoms with E-state index in [1.807, 2.05) is 0 Å². The molecule has 1 fully saturated rings. The first-order valence-corrected chi connectivity index (χ1v) is 7.61. The first-order chi connectivity index (χ1) is 8.74. The van der Waals surface area contributed by atoms with Crippen LogP contribution in [0.25, 0.3) is 0 Å². The molecule has 0 amide bonds. The smallest absolute Gasteiger partial charge is 0.105 e. The summed E-state index contributed by atoms with van der Waals surface area (Å²) in [5.41, 5.74) is 0. The van der Waals surface area contributed by atoms with E-state index in [1.54, 1.807) is 0 Å². The van der Waals surface area contributed by atoms with Gasteiger partial charge in [0.1, 0.15) is 5.17 Å². The molecule has 2 heterocycles. The zero-order chi connectivity index (χ0) is 12.5. The normalized spacial score (nSPS) is 36.1. The van der Waals surface area contributed by atoms with Gasteiger partial charge in [-0.15, -0.1) is 0 Å². The summed E-state index contributed by atoms with van der Waals surface area (Å²) in [7, 11) is 0. The second-order valence-corrected chi connectivity index (χ2v) is 6.26. The van der Waals surface area contributed by atoms with Crippen LogP contribution < -0.4 is 0 Å². The van der Waals surface area contributed by atoms with Crippen molar-refractivity contribution in [2.45, 2.75) is 45.1 Å². The van der Waals surface area contributed by atoms with Crippen molar-refractivity contribution in [3.63, 3.8) is 0 Å². The first kappa shape index (κ1) is 12.5. The molecule has 0 aromatic heterocycles. The Morgan fingerprint density at radius 2 is 2.17 bits per heavy atom. The predicted molar refractivity (Wildman–Crippen MR) is 76.7 cm³/mol. The predicted octanol–water partition coefficient (Wildman–Crippen LogP) is 2.94. The van der Waals surface area contributed by atoms with Crippen molar-refractivity contribution in [3.8, 4) is 0 Å². The highest BCUT2D eigenvalue weighted by atomic mass is 35.5. The maximum absolute atomic E-state index is 6.41. The van der Waals surface area contributed by atoms with Crippen molar-refractivity contribution in [1.29, 1.82) is 0 Å². The molecule has 100 valence electrons. The average molecular weight is 268 g/mol. The number of hydrogen-bond acceptors (Lipinski definition) is 3. The minimum absolute atomic E-state index is 0.439. The van der Waals surface area contributed by atoms with Gasteiger partial charge < -0.3 is 4.90 Å². The largest absolute Gasteiger partial charge is 0.358 e. The molecule has 1 saturated carbocycles. The highest BCUT2D eigenvalue weighted by Crippen LogP contribution is 2.37. The Morgan fingerprint density at radius 3 is 2.94 bits per heavy atom. The lowest BCUT2D eigenvalue weighted by molar-refractivity contribution is 0.244. The molecule has 1 aliphatic carbocycles. The lowest BCUT2D eigenvalue weighted by atomic mass is 9.77. The van der Waals surface area contributed by atoms with E-state index in [0.717, 1.165) is 30.7 Å². The fourth-order valence-electron chi connectivity index (χ4n) is 3.59. The van der Waals surface area contributed by atoms with Crippen molar-refractivity contribution in [3.05, 3.63) is 0 Å². The third-order valence-corrected chi connectivity index (χ3v) is 5.10. The van der Waals surface area contributed by atoms with Gasteiger partial charge in [-0.05, 0) is 32.1 Å². The Labute approximate surface area is 114 Å². The van der Waals surface area contributed by atoms with Gasteiger partial charge in [0.25, 0.3) is 0 Å². The number of rotatable bonds is 2. The van der Waals surface area contributed by atoms with E-state index in [0.29, 0.717) is 12.0 Å². The van der Waals surface area contributed by atoms with Gasteiger partial charge in [-0.3, -0.25) is 9.98 Å². The van der Waals surface area contributed by atoms with Gasteiger partial charge in [0.2, 0.25) is 0 Å². The van der Waals surface area contributed by atoms with Crippen LogP contribution in [0.1, 0.15) is 39.0 Å². The molecular weight excluding hydrogens is 246 g/mol. The fourth-order valence-corrected chi connectivity index (χ4v) is 3.88. The van der Waals surface area contributed by atoms with Crippen LogP contribution in [0.5, 0.6) is 0 Å². The summed E-state index contributed by atoms with van der Waals surface area (Å²) < 4.78 is 0. The summed E-state index contributed by atoms with van der Waals surface area (Å²) in [6.07, 6.45) is 6.54. The van der Waals surface area contributed by atoms with Crippen LogP contribution >= 0.6 is 11.6 Å². The van der Waals surface area contributed by atoms with Gasteiger partial charge >= 0.3 is 0 Å². The Morgan fingerprint density at radius 1 is 1.33 bits per heavy atom. The lowest BCUT2D eigenvalue weighted by Gasteiger charge is -2.37. The number of halogens is 1. The molecule has 0 spiro atoms. The number of nitrogens with zero attached hydrogens (tertiary/aromatic N) is 3. The Balaban J connectivity index is 1.67. The van der Waals surface area contributed by atoms with Crippen LogP contribution in [-0.4, -0.2) is 41.6 Å². The summed E-state index contributed by atoms with van der Waals surface area (Å²) in [6.45, 7) is 5.12. The first-order valence-electron chi connectivity index (χ1n) is 7.23. The third-order valence-electron chi connectivity index (χ3n) is 4.69. The molecule has 3 aliphatic rings. The van der Waals surface area contributed by atoms with Crippen molar-refractivity contribution >= 4 is 22.6 Å². The molecule has 0 saturated heterocycles. The second-order valence-electron chi connectivity index (χ2n) is 5.87. The van der Waals surface area contributed by atoms with Gasteiger partial charge in [0, 0.05) is 19.0 Å². The van der Waals surface area contributed by atoms with Crippen molar-refractivity contribution < 1.29 is 0 Å². The van der Waals surface area contributed by atoms with Gasteiger partial charge in [-0.25, -0.2) is 0 Å². The monoisotopic (exact) mass is 267 g/mol. The van der Waals surface area contributed by atoms with E-state index >= 15 is 0 Å². The molecule has 2 aliphatic heterocycles. The highest BCUT2D eigenvalue weighted by molar-refractivity contribution is 6.66. The summed E-state index contributed by atoms with van der Waals surface area (Å²) in [6, 6.07) is 0.524. The molecule has 4 heteroatoms. The van der Waals surface area contributed by atoms with E-state index in [9.17, 15) is 0 Å². The van der Waals surface area contributed by atoms with Crippen molar-refractivity contribution in [2.75, 3.05) is 19.6 Å². The average Bonchev–Trinajstić information content (AvgIpc) is 2.76. The number of fused-ring (bicyclic) bond motifs is 1. The number of hydrogen-bond donors (Lipinski definition) is 0. The topological polar surface area (TPSA) is 28.0 Å². The van der Waals surface area contributed by atoms with Crippen LogP contribution in [-0.2, 0) is 0 Å². The Hall–Kier alpha value is -0.570. The molecular formula is C14H22ClN3. The molecule has 0 bridgehead atoms. The molecule has 0 radical (unpaired) electrons. The molecule has 3 rings (SSSR count). The molecule has 0 aromatic carbocycles. The zero-order valence-electron chi connectivity index (χ0n) is 11.1. The zero-order valence-corrected chi connectivity index (χ0v) is 11.9. The maximum atomic E-state index is 6.41. The van der Waals surface area contributed by atoms with E-state index < -0.39 is 0 Å². The van der Waals surface area contributed by atoms with Gasteiger partial charge in [0.05, 0.1) is 18.4 Å². The van der Waals surface area contributed by atoms with Crippen LogP contribution in [0.15, 0.2) is 9.98 Å². The van der Waals surface area contributed by atoms with Gasteiger partial charge in [0.15, 0.2) is 0 Å². The lowest BCUT2D eigenvalue weighted by Crippen LogP contribution is -2.39. The molecule has 0 N–H and O–H groups in total. The standard InChI is InChI=1S/C14H22ClN3/c1-10-16-6-7-18(10)9-12-8-11-4-2-3-5-13(11)17-14(12)15/h11-13H,2-9H2,1H3. The SMILES string of the molecule is CC1=NCCN1CC1CC2CCCCC2N=C1Cl. The van der Waals surface area contributed by atoms with Crippen molar-refractivity contribution in [1.82, 2.24) is 4.90 Å². The van der Waals surface area contributed by atoms with Crippen LogP contribution in [0, 0.1) is 11.8 Å². The van der Waals surface area contributed by atoms with Gasteiger partial charge in [-0.2, -0.15) is 0 Å².